The highest BCUT2D eigenvalue weighted by Crippen LogP contribution is 2.54. The van der Waals surface area contributed by atoms with E-state index >= 15 is 0 Å². The third kappa shape index (κ3) is 3.11. The molecule has 2 aromatic rings. The third-order valence-corrected chi connectivity index (χ3v) is 6.55. The zero-order valence-corrected chi connectivity index (χ0v) is 16.7. The first kappa shape index (κ1) is 18.3. The van der Waals surface area contributed by atoms with Crippen LogP contribution in [0.15, 0.2) is 30.6 Å². The molecule has 5 rings (SSSR count). The first-order valence-electron chi connectivity index (χ1n) is 10.1. The molecule has 8 nitrogen and oxygen atoms in total. The maximum absolute atomic E-state index is 12.6. The predicted molar refractivity (Wildman–Crippen MR) is 106 cm³/mol. The fourth-order valence-electron chi connectivity index (χ4n) is 5.17. The molecule has 3 fully saturated rings. The number of rotatable bonds is 5. The molecule has 0 saturated carbocycles. The minimum atomic E-state index is -0.183. The topological polar surface area (TPSA) is 89.5 Å². The molecule has 3 aliphatic rings. The normalized spacial score (nSPS) is 29.7. The van der Waals surface area contributed by atoms with Crippen LogP contribution in [0.4, 0.5) is 5.95 Å². The van der Waals surface area contributed by atoms with Crippen LogP contribution in [0.1, 0.15) is 29.0 Å². The standard InChI is InChI=1S/C21H25N5O3/c1-13-4-7-23-20(25-13)26-11-16-15(18-3-6-21(16,12-26)29-18)10-24-19(27)17-9-14(28-2)5-8-22-17/h4-5,7-9,15-16,18H,3,6,10-12H2,1-2H3,(H,24,27)/t15-,16+,18+,21+/m0/s1. The van der Waals surface area contributed by atoms with Gasteiger partial charge in [-0.2, -0.15) is 0 Å². The number of hydrogen-bond acceptors (Lipinski definition) is 7. The van der Waals surface area contributed by atoms with Crippen molar-refractivity contribution in [3.63, 3.8) is 0 Å². The van der Waals surface area contributed by atoms with E-state index in [1.807, 2.05) is 13.0 Å². The van der Waals surface area contributed by atoms with Crippen LogP contribution < -0.4 is 15.0 Å². The van der Waals surface area contributed by atoms with Crippen molar-refractivity contribution >= 4 is 11.9 Å². The highest BCUT2D eigenvalue weighted by atomic mass is 16.5. The van der Waals surface area contributed by atoms with Crippen LogP contribution in [0.3, 0.4) is 0 Å². The van der Waals surface area contributed by atoms with Crippen LogP contribution in [0.25, 0.3) is 0 Å². The lowest BCUT2D eigenvalue weighted by Crippen LogP contribution is -2.42. The molecule has 3 saturated heterocycles. The van der Waals surface area contributed by atoms with Crippen LogP contribution in [0.5, 0.6) is 5.75 Å². The first-order chi connectivity index (χ1) is 14.1. The number of fused-ring (bicyclic) bond motifs is 1. The molecule has 2 aromatic heterocycles. The minimum Gasteiger partial charge on any atom is -0.497 e. The van der Waals surface area contributed by atoms with E-state index in [-0.39, 0.29) is 23.5 Å². The van der Waals surface area contributed by atoms with Gasteiger partial charge in [0.1, 0.15) is 11.4 Å². The maximum atomic E-state index is 12.6. The smallest absolute Gasteiger partial charge is 0.270 e. The van der Waals surface area contributed by atoms with E-state index in [0.717, 1.165) is 37.6 Å². The molecule has 2 bridgehead atoms. The molecule has 1 spiro atoms. The summed E-state index contributed by atoms with van der Waals surface area (Å²) in [5.74, 6) is 1.86. The van der Waals surface area contributed by atoms with Crippen molar-refractivity contribution in [3.05, 3.63) is 42.0 Å². The number of anilines is 1. The van der Waals surface area contributed by atoms with Crippen molar-refractivity contribution in [3.8, 4) is 5.75 Å². The number of aromatic nitrogens is 3. The minimum absolute atomic E-state index is 0.138. The first-order valence-corrected chi connectivity index (χ1v) is 10.1. The molecular formula is C21H25N5O3. The summed E-state index contributed by atoms with van der Waals surface area (Å²) in [4.78, 5) is 28.0. The summed E-state index contributed by atoms with van der Waals surface area (Å²) in [6.07, 6.45) is 5.70. The van der Waals surface area contributed by atoms with Crippen molar-refractivity contribution in [2.24, 2.45) is 11.8 Å². The Morgan fingerprint density at radius 3 is 3.07 bits per heavy atom. The van der Waals surface area contributed by atoms with Gasteiger partial charge < -0.3 is 19.7 Å². The van der Waals surface area contributed by atoms with E-state index in [4.69, 9.17) is 9.47 Å². The second kappa shape index (κ2) is 6.95. The second-order valence-electron chi connectivity index (χ2n) is 8.20. The van der Waals surface area contributed by atoms with Gasteiger partial charge in [0.15, 0.2) is 0 Å². The fraction of sp³-hybridized carbons (Fsp3) is 0.524. The van der Waals surface area contributed by atoms with Gasteiger partial charge in [0.05, 0.1) is 25.4 Å². The van der Waals surface area contributed by atoms with Gasteiger partial charge in [-0.3, -0.25) is 9.78 Å². The third-order valence-electron chi connectivity index (χ3n) is 6.55. The van der Waals surface area contributed by atoms with E-state index in [0.29, 0.717) is 23.9 Å². The molecule has 152 valence electrons. The van der Waals surface area contributed by atoms with Gasteiger partial charge in [-0.05, 0) is 31.9 Å². The lowest BCUT2D eigenvalue weighted by atomic mass is 9.73. The summed E-state index contributed by atoms with van der Waals surface area (Å²) in [5.41, 5.74) is 1.19. The van der Waals surface area contributed by atoms with E-state index in [1.165, 1.54) is 0 Å². The Morgan fingerprint density at radius 2 is 2.24 bits per heavy atom. The Morgan fingerprint density at radius 1 is 1.38 bits per heavy atom. The number of pyridine rings is 1. The number of methoxy groups -OCH3 is 1. The highest BCUT2D eigenvalue weighted by Gasteiger charge is 2.63. The molecule has 5 heterocycles. The second-order valence-corrected chi connectivity index (χ2v) is 8.20. The molecule has 0 radical (unpaired) electrons. The van der Waals surface area contributed by atoms with E-state index < -0.39 is 0 Å². The molecule has 8 heteroatoms. The lowest BCUT2D eigenvalue weighted by Gasteiger charge is -2.29. The number of carbonyl (C=O) groups is 1. The summed E-state index contributed by atoms with van der Waals surface area (Å²) in [7, 11) is 1.58. The number of amides is 1. The van der Waals surface area contributed by atoms with Gasteiger partial charge in [0, 0.05) is 49.1 Å². The molecule has 0 aliphatic carbocycles. The van der Waals surface area contributed by atoms with Gasteiger partial charge in [0.2, 0.25) is 5.95 Å². The Labute approximate surface area is 169 Å². The van der Waals surface area contributed by atoms with Gasteiger partial charge in [-0.1, -0.05) is 0 Å². The van der Waals surface area contributed by atoms with E-state index in [9.17, 15) is 4.79 Å². The quantitative estimate of drug-likeness (QED) is 0.822. The maximum Gasteiger partial charge on any atom is 0.270 e. The highest BCUT2D eigenvalue weighted by molar-refractivity contribution is 5.92. The van der Waals surface area contributed by atoms with E-state index in [1.54, 1.807) is 31.6 Å². The molecule has 0 aromatic carbocycles. The average Bonchev–Trinajstić information content (AvgIpc) is 3.40. The number of ether oxygens (including phenoxy) is 2. The average molecular weight is 395 g/mol. The molecule has 29 heavy (non-hydrogen) atoms. The summed E-state index contributed by atoms with van der Waals surface area (Å²) in [6, 6.07) is 5.29. The van der Waals surface area contributed by atoms with Crippen LogP contribution in [-0.2, 0) is 4.74 Å². The fourth-order valence-corrected chi connectivity index (χ4v) is 5.17. The largest absolute Gasteiger partial charge is 0.497 e. The van der Waals surface area contributed by atoms with Gasteiger partial charge in [-0.25, -0.2) is 9.97 Å². The summed E-state index contributed by atoms with van der Waals surface area (Å²) in [6.45, 7) is 4.24. The van der Waals surface area contributed by atoms with Gasteiger partial charge in [0.25, 0.3) is 5.91 Å². The molecule has 1 amide bonds. The Hall–Kier alpha value is -2.74. The SMILES string of the molecule is COc1ccnc(C(=O)NC[C@H]2[C@H]3CN(c4nccc(C)n4)C[C@]34CC[C@H]2O4)c1. The monoisotopic (exact) mass is 395 g/mol. The number of nitrogens with one attached hydrogen (secondary N) is 1. The van der Waals surface area contributed by atoms with Crippen molar-refractivity contribution in [1.29, 1.82) is 0 Å². The molecule has 1 N–H and O–H groups in total. The summed E-state index contributed by atoms with van der Waals surface area (Å²) in [5, 5.41) is 3.06. The Balaban J connectivity index is 1.29. The predicted octanol–water partition coefficient (Wildman–Crippen LogP) is 1.60. The molecule has 3 aliphatic heterocycles. The van der Waals surface area contributed by atoms with Crippen molar-refractivity contribution in [2.45, 2.75) is 31.5 Å². The lowest BCUT2D eigenvalue weighted by molar-refractivity contribution is 0.0141. The molecular weight excluding hydrogens is 370 g/mol. The summed E-state index contributed by atoms with van der Waals surface area (Å²) >= 11 is 0. The van der Waals surface area contributed by atoms with Crippen LogP contribution in [-0.4, -0.2) is 59.3 Å². The van der Waals surface area contributed by atoms with Gasteiger partial charge >= 0.3 is 0 Å². The molecule has 4 atom stereocenters. The number of hydrogen-bond donors (Lipinski definition) is 1. The van der Waals surface area contributed by atoms with Crippen LogP contribution in [0.2, 0.25) is 0 Å². The van der Waals surface area contributed by atoms with Crippen molar-refractivity contribution < 1.29 is 14.3 Å². The van der Waals surface area contributed by atoms with Crippen LogP contribution >= 0.6 is 0 Å². The van der Waals surface area contributed by atoms with Crippen molar-refractivity contribution in [1.82, 2.24) is 20.3 Å². The Bertz CT molecular complexity index is 938. The Kier molecular flexibility index (Phi) is 4.38. The number of nitrogens with zero attached hydrogens (tertiary/aromatic N) is 4. The zero-order valence-electron chi connectivity index (χ0n) is 16.7. The van der Waals surface area contributed by atoms with Crippen molar-refractivity contribution in [2.75, 3.05) is 31.6 Å². The number of aryl methyl sites for hydroxylation is 1. The summed E-state index contributed by atoms with van der Waals surface area (Å²) < 4.78 is 11.7. The van der Waals surface area contributed by atoms with E-state index in [2.05, 4.69) is 25.2 Å². The molecule has 0 unspecified atom stereocenters. The number of carbonyl (C=O) groups excluding carboxylic acids is 1. The zero-order chi connectivity index (χ0) is 20.0. The van der Waals surface area contributed by atoms with Crippen LogP contribution in [0, 0.1) is 18.8 Å². The van der Waals surface area contributed by atoms with Gasteiger partial charge in [-0.15, -0.1) is 0 Å².